The number of rotatable bonds is 7. The fourth-order valence-corrected chi connectivity index (χ4v) is 2.93. The third-order valence-corrected chi connectivity index (χ3v) is 4.48. The monoisotopic (exact) mass is 395 g/mol. The molecule has 152 valence electrons. The van der Waals surface area contributed by atoms with Gasteiger partial charge in [-0.15, -0.1) is 0 Å². The molecular formula is C15H21N7O6. The van der Waals surface area contributed by atoms with E-state index in [0.717, 1.165) is 0 Å². The first kappa shape index (κ1) is 19.9. The third-order valence-electron chi connectivity index (χ3n) is 4.48. The van der Waals surface area contributed by atoms with Crippen LogP contribution in [0.4, 0.5) is 5.82 Å². The lowest BCUT2D eigenvalue weighted by atomic mass is 10.1. The number of nitrogen functional groups attached to an aromatic ring is 1. The van der Waals surface area contributed by atoms with Crippen LogP contribution in [-0.4, -0.2) is 77.6 Å². The van der Waals surface area contributed by atoms with Crippen molar-refractivity contribution in [2.24, 2.45) is 5.73 Å². The number of aliphatic hydroxyl groups excluding tert-OH is 2. The molecule has 2 aromatic heterocycles. The van der Waals surface area contributed by atoms with Gasteiger partial charge in [-0.3, -0.25) is 14.2 Å². The molecule has 0 bridgehead atoms. The van der Waals surface area contributed by atoms with Gasteiger partial charge in [-0.2, -0.15) is 0 Å². The van der Waals surface area contributed by atoms with Crippen LogP contribution in [0.1, 0.15) is 19.1 Å². The van der Waals surface area contributed by atoms with Gasteiger partial charge in [-0.05, 0) is 6.42 Å². The molecule has 8 N–H and O–H groups in total. The number of aromatic nitrogens is 4. The van der Waals surface area contributed by atoms with Gasteiger partial charge in [0.25, 0.3) is 0 Å². The lowest BCUT2D eigenvalue weighted by molar-refractivity contribution is -0.137. The number of carbonyl (C=O) groups excluding carboxylic acids is 1. The SMILES string of the molecule is Nc1ncnc2c1ncn2[C@@H]1O[C@H](CNC(=O)C(N)CCC(=O)O)[C@@H](O)[C@H]1O. The van der Waals surface area contributed by atoms with Gasteiger partial charge in [0, 0.05) is 13.0 Å². The molecule has 13 nitrogen and oxygen atoms in total. The molecule has 3 rings (SSSR count). The zero-order valence-corrected chi connectivity index (χ0v) is 14.7. The number of fused-ring (bicyclic) bond motifs is 1. The number of nitrogens with zero attached hydrogens (tertiary/aromatic N) is 4. The highest BCUT2D eigenvalue weighted by atomic mass is 16.6. The first-order valence-corrected chi connectivity index (χ1v) is 8.49. The summed E-state index contributed by atoms with van der Waals surface area (Å²) in [6, 6.07) is -1.01. The van der Waals surface area contributed by atoms with Crippen molar-refractivity contribution >= 4 is 28.9 Å². The Hall–Kier alpha value is -2.87. The summed E-state index contributed by atoms with van der Waals surface area (Å²) in [6.07, 6.45) is -2.19. The zero-order valence-electron chi connectivity index (χ0n) is 14.7. The van der Waals surface area contributed by atoms with Crippen LogP contribution in [0.25, 0.3) is 11.2 Å². The second-order valence-corrected chi connectivity index (χ2v) is 6.41. The van der Waals surface area contributed by atoms with E-state index in [2.05, 4.69) is 20.3 Å². The standard InChI is InChI=1S/C15H21N7O6/c16-6(1-2-8(23)24)14(27)18-3-7-10(25)11(26)15(28-7)22-5-21-9-12(17)19-4-20-13(9)22/h4-7,10-11,15,25-26H,1-3,16H2,(H,18,27)(H,23,24)(H2,17,19,20)/t6?,7-,10-,11-,15-/m1/s1. The van der Waals surface area contributed by atoms with E-state index in [0.29, 0.717) is 11.2 Å². The molecule has 2 aromatic rings. The average molecular weight is 395 g/mol. The number of carbonyl (C=O) groups is 2. The molecule has 1 fully saturated rings. The van der Waals surface area contributed by atoms with Crippen LogP contribution < -0.4 is 16.8 Å². The molecule has 28 heavy (non-hydrogen) atoms. The highest BCUT2D eigenvalue weighted by Crippen LogP contribution is 2.31. The number of aliphatic hydroxyl groups is 2. The fourth-order valence-electron chi connectivity index (χ4n) is 2.93. The predicted molar refractivity (Wildman–Crippen MR) is 93.5 cm³/mol. The highest BCUT2D eigenvalue weighted by molar-refractivity contribution is 5.82. The first-order valence-electron chi connectivity index (χ1n) is 8.49. The second-order valence-electron chi connectivity index (χ2n) is 6.41. The Balaban J connectivity index is 1.65. The van der Waals surface area contributed by atoms with E-state index in [-0.39, 0.29) is 25.2 Å². The van der Waals surface area contributed by atoms with Gasteiger partial charge in [-0.1, -0.05) is 0 Å². The Kier molecular flexibility index (Phi) is 5.69. The van der Waals surface area contributed by atoms with Crippen molar-refractivity contribution in [2.45, 2.75) is 43.4 Å². The lowest BCUT2D eigenvalue weighted by Crippen LogP contribution is -2.46. The third kappa shape index (κ3) is 3.87. The van der Waals surface area contributed by atoms with Crippen LogP contribution in [-0.2, 0) is 14.3 Å². The Labute approximate surface area is 158 Å². The Bertz CT molecular complexity index is 874. The summed E-state index contributed by atoms with van der Waals surface area (Å²) >= 11 is 0. The number of hydrogen-bond acceptors (Lipinski definition) is 10. The van der Waals surface area contributed by atoms with Crippen molar-refractivity contribution in [3.05, 3.63) is 12.7 Å². The molecule has 1 aliphatic rings. The van der Waals surface area contributed by atoms with Crippen LogP contribution in [0.2, 0.25) is 0 Å². The minimum absolute atomic E-state index is 0.0252. The molecule has 1 aliphatic heterocycles. The first-order chi connectivity index (χ1) is 13.3. The van der Waals surface area contributed by atoms with Crippen LogP contribution >= 0.6 is 0 Å². The summed E-state index contributed by atoms with van der Waals surface area (Å²) < 4.78 is 7.10. The number of nitrogens with one attached hydrogen (secondary N) is 1. The van der Waals surface area contributed by atoms with Crippen molar-refractivity contribution < 1.29 is 29.6 Å². The molecular weight excluding hydrogens is 374 g/mol. The summed E-state index contributed by atoms with van der Waals surface area (Å²) in [5, 5.41) is 31.7. The van der Waals surface area contributed by atoms with E-state index in [1.165, 1.54) is 17.2 Å². The van der Waals surface area contributed by atoms with E-state index < -0.39 is 42.5 Å². The minimum Gasteiger partial charge on any atom is -0.481 e. The zero-order chi connectivity index (χ0) is 20.4. The number of amides is 1. The number of carboxylic acids is 1. The molecule has 1 unspecified atom stereocenters. The van der Waals surface area contributed by atoms with Crippen LogP contribution in [0.5, 0.6) is 0 Å². The molecule has 1 amide bonds. The van der Waals surface area contributed by atoms with E-state index in [4.69, 9.17) is 21.3 Å². The van der Waals surface area contributed by atoms with Gasteiger partial charge in [0.1, 0.15) is 30.2 Å². The van der Waals surface area contributed by atoms with Gasteiger partial charge in [0.05, 0.1) is 12.4 Å². The van der Waals surface area contributed by atoms with E-state index >= 15 is 0 Å². The summed E-state index contributed by atoms with van der Waals surface area (Å²) in [5.74, 6) is -1.47. The van der Waals surface area contributed by atoms with Crippen molar-refractivity contribution in [3.63, 3.8) is 0 Å². The van der Waals surface area contributed by atoms with E-state index in [9.17, 15) is 19.8 Å². The molecule has 13 heteroatoms. The van der Waals surface area contributed by atoms with Crippen LogP contribution in [0.15, 0.2) is 12.7 Å². The Morgan fingerprint density at radius 1 is 1.29 bits per heavy atom. The number of nitrogens with two attached hydrogens (primary N) is 2. The van der Waals surface area contributed by atoms with Crippen molar-refractivity contribution in [2.75, 3.05) is 12.3 Å². The van der Waals surface area contributed by atoms with Gasteiger partial charge < -0.3 is 36.8 Å². The summed E-state index contributed by atoms with van der Waals surface area (Å²) in [7, 11) is 0. The molecule has 0 saturated carbocycles. The molecule has 0 radical (unpaired) electrons. The molecule has 3 heterocycles. The van der Waals surface area contributed by atoms with Crippen LogP contribution in [0, 0.1) is 0 Å². The van der Waals surface area contributed by atoms with E-state index in [1.807, 2.05) is 0 Å². The summed E-state index contributed by atoms with van der Waals surface area (Å²) in [6.45, 7) is -0.127. The quantitative estimate of drug-likeness (QED) is 0.284. The molecule has 5 atom stereocenters. The lowest BCUT2D eigenvalue weighted by Gasteiger charge is -2.17. The fraction of sp³-hybridized carbons (Fsp3) is 0.533. The van der Waals surface area contributed by atoms with Crippen molar-refractivity contribution in [1.82, 2.24) is 24.8 Å². The predicted octanol–water partition coefficient (Wildman–Crippen LogP) is -2.66. The van der Waals surface area contributed by atoms with Crippen molar-refractivity contribution in [1.29, 1.82) is 0 Å². The maximum absolute atomic E-state index is 11.9. The smallest absolute Gasteiger partial charge is 0.303 e. The molecule has 0 aromatic carbocycles. The number of hydrogen-bond donors (Lipinski definition) is 6. The molecule has 0 spiro atoms. The second kappa shape index (κ2) is 8.02. The van der Waals surface area contributed by atoms with Crippen molar-refractivity contribution in [3.8, 4) is 0 Å². The van der Waals surface area contributed by atoms with Gasteiger partial charge in [-0.25, -0.2) is 15.0 Å². The van der Waals surface area contributed by atoms with E-state index in [1.54, 1.807) is 0 Å². The largest absolute Gasteiger partial charge is 0.481 e. The van der Waals surface area contributed by atoms with Gasteiger partial charge >= 0.3 is 5.97 Å². The Morgan fingerprint density at radius 3 is 2.75 bits per heavy atom. The summed E-state index contributed by atoms with van der Waals surface area (Å²) in [4.78, 5) is 34.5. The topological polar surface area (TPSA) is 212 Å². The minimum atomic E-state index is -1.31. The maximum atomic E-state index is 11.9. The number of aliphatic carboxylic acids is 1. The number of anilines is 1. The van der Waals surface area contributed by atoms with Crippen LogP contribution in [0.3, 0.4) is 0 Å². The van der Waals surface area contributed by atoms with Gasteiger partial charge in [0.2, 0.25) is 5.91 Å². The normalized spacial score (nSPS) is 25.7. The molecule has 1 saturated heterocycles. The summed E-state index contributed by atoms with van der Waals surface area (Å²) in [5.41, 5.74) is 12.0. The Morgan fingerprint density at radius 2 is 2.04 bits per heavy atom. The average Bonchev–Trinajstić information content (AvgIpc) is 3.21. The molecule has 0 aliphatic carbocycles. The van der Waals surface area contributed by atoms with Gasteiger partial charge in [0.15, 0.2) is 17.7 Å². The maximum Gasteiger partial charge on any atom is 0.303 e. The number of imidazole rings is 1. The number of ether oxygens (including phenoxy) is 1. The number of carboxylic acid groups (broad SMARTS) is 1. The highest BCUT2D eigenvalue weighted by Gasteiger charge is 2.44.